The van der Waals surface area contributed by atoms with Crippen LogP contribution in [0.5, 0.6) is 0 Å². The maximum Gasteiger partial charge on any atom is 0.191 e. The number of Topliss-reactive ketones (excluding diaryl/α,β-unsaturated/α-hetero) is 1. The lowest BCUT2D eigenvalue weighted by Crippen LogP contribution is -2.22. The Morgan fingerprint density at radius 3 is 2.81 bits per heavy atom. The number of hydrogen-bond donors (Lipinski definition) is 0. The van der Waals surface area contributed by atoms with E-state index in [4.69, 9.17) is 4.74 Å². The summed E-state index contributed by atoms with van der Waals surface area (Å²) in [6.45, 7) is 10.3. The van der Waals surface area contributed by atoms with E-state index >= 15 is 0 Å². The number of aromatic nitrogens is 4. The Kier molecular flexibility index (Phi) is 6.18. The van der Waals surface area contributed by atoms with Crippen LogP contribution in [0.1, 0.15) is 29.6 Å². The third-order valence-corrected chi connectivity index (χ3v) is 6.99. The molecule has 3 aromatic rings. The van der Waals surface area contributed by atoms with Gasteiger partial charge < -0.3 is 9.30 Å². The summed E-state index contributed by atoms with van der Waals surface area (Å²) in [6.07, 6.45) is 6.62. The highest BCUT2D eigenvalue weighted by Gasteiger charge is 2.16. The molecule has 8 heteroatoms. The van der Waals surface area contributed by atoms with Gasteiger partial charge in [0.15, 0.2) is 10.8 Å². The van der Waals surface area contributed by atoms with Crippen LogP contribution in [0.3, 0.4) is 0 Å². The number of carbonyl (C=O) groups is 1. The van der Waals surface area contributed by atoms with Crippen LogP contribution in [-0.2, 0) is 11.5 Å². The molecule has 0 saturated heterocycles. The largest absolute Gasteiger partial charge is 0.361 e. The van der Waals surface area contributed by atoms with Crippen LogP contribution in [0.25, 0.3) is 21.6 Å². The molecular formula is C19H26N4O2SSi. The average molecular weight is 403 g/mol. The molecule has 0 spiro atoms. The zero-order chi connectivity index (χ0) is 19.4. The summed E-state index contributed by atoms with van der Waals surface area (Å²) in [6, 6.07) is 3.14. The molecular weight excluding hydrogens is 376 g/mol. The number of nitrogens with zero attached hydrogens (tertiary/aromatic N) is 4. The summed E-state index contributed by atoms with van der Waals surface area (Å²) in [7, 11) is -1.09. The summed E-state index contributed by atoms with van der Waals surface area (Å²) >= 11 is 1.40. The van der Waals surface area contributed by atoms with Crippen molar-refractivity contribution in [1.29, 1.82) is 0 Å². The Balaban J connectivity index is 1.78. The first-order chi connectivity index (χ1) is 12.9. The van der Waals surface area contributed by atoms with E-state index in [-0.39, 0.29) is 5.78 Å². The summed E-state index contributed by atoms with van der Waals surface area (Å²) < 4.78 is 7.85. The number of fused-ring (bicyclic) bond motifs is 1. The second-order valence-electron chi connectivity index (χ2n) is 7.80. The number of carbonyl (C=O) groups excluding carboxylic acids is 1. The Labute approximate surface area is 164 Å². The molecule has 0 unspecified atom stereocenters. The van der Waals surface area contributed by atoms with Crippen molar-refractivity contribution in [3.8, 4) is 10.6 Å². The molecule has 0 bridgehead atoms. The highest BCUT2D eigenvalue weighted by Crippen LogP contribution is 2.31. The van der Waals surface area contributed by atoms with Gasteiger partial charge in [-0.05, 0) is 18.5 Å². The predicted octanol–water partition coefficient (Wildman–Crippen LogP) is 4.85. The zero-order valence-corrected chi connectivity index (χ0v) is 18.2. The van der Waals surface area contributed by atoms with E-state index in [1.807, 2.05) is 23.8 Å². The molecule has 0 saturated carbocycles. The fourth-order valence-electron chi connectivity index (χ4n) is 2.69. The van der Waals surface area contributed by atoms with Crippen LogP contribution in [0.2, 0.25) is 25.7 Å². The molecule has 144 valence electrons. The van der Waals surface area contributed by atoms with Gasteiger partial charge in [-0.25, -0.2) is 15.0 Å². The van der Waals surface area contributed by atoms with E-state index in [0.717, 1.165) is 40.7 Å². The van der Waals surface area contributed by atoms with Crippen LogP contribution in [0, 0.1) is 0 Å². The molecule has 3 heterocycles. The quantitative estimate of drug-likeness (QED) is 0.291. The molecule has 0 aliphatic rings. The van der Waals surface area contributed by atoms with Gasteiger partial charge in [-0.15, -0.1) is 11.3 Å². The molecule has 27 heavy (non-hydrogen) atoms. The molecule has 0 atom stereocenters. The van der Waals surface area contributed by atoms with Crippen molar-refractivity contribution in [2.45, 2.75) is 52.2 Å². The van der Waals surface area contributed by atoms with E-state index in [9.17, 15) is 4.79 Å². The number of ketones is 1. The third-order valence-electron chi connectivity index (χ3n) is 4.24. The molecule has 0 N–H and O–H groups in total. The van der Waals surface area contributed by atoms with Crippen molar-refractivity contribution in [2.75, 3.05) is 6.61 Å². The van der Waals surface area contributed by atoms with Gasteiger partial charge >= 0.3 is 0 Å². The monoisotopic (exact) mass is 402 g/mol. The molecule has 0 aliphatic heterocycles. The molecule has 3 aromatic heterocycles. The second kappa shape index (κ2) is 8.41. The maximum absolute atomic E-state index is 12.1. The second-order valence-corrected chi connectivity index (χ2v) is 14.4. The smallest absolute Gasteiger partial charge is 0.191 e. The van der Waals surface area contributed by atoms with Crippen molar-refractivity contribution in [3.05, 3.63) is 29.8 Å². The average Bonchev–Trinajstić information content (AvgIpc) is 3.25. The Hall–Kier alpha value is -1.90. The molecule has 0 radical (unpaired) electrons. The summed E-state index contributed by atoms with van der Waals surface area (Å²) in [5.74, 6) is 0.0902. The summed E-state index contributed by atoms with van der Waals surface area (Å²) in [5.41, 5.74) is 1.65. The highest BCUT2D eigenvalue weighted by atomic mass is 32.1. The Morgan fingerprint density at radius 1 is 1.26 bits per heavy atom. The number of hydrogen-bond acceptors (Lipinski definition) is 6. The molecule has 3 rings (SSSR count). The number of ether oxygens (including phenoxy) is 1. The zero-order valence-electron chi connectivity index (χ0n) is 16.4. The Morgan fingerprint density at radius 2 is 2.07 bits per heavy atom. The molecule has 0 aromatic carbocycles. The first-order valence-electron chi connectivity index (χ1n) is 9.26. The van der Waals surface area contributed by atoms with Crippen molar-refractivity contribution >= 4 is 36.2 Å². The van der Waals surface area contributed by atoms with Crippen molar-refractivity contribution in [1.82, 2.24) is 19.5 Å². The fraction of sp³-hybridized carbons (Fsp3) is 0.474. The van der Waals surface area contributed by atoms with Gasteiger partial charge in [0.05, 0.1) is 10.6 Å². The van der Waals surface area contributed by atoms with Gasteiger partial charge in [0, 0.05) is 38.9 Å². The van der Waals surface area contributed by atoms with E-state index in [0.29, 0.717) is 18.2 Å². The number of rotatable bonds is 9. The summed E-state index contributed by atoms with van der Waals surface area (Å²) in [4.78, 5) is 26.1. The minimum absolute atomic E-state index is 0.0902. The predicted molar refractivity (Wildman–Crippen MR) is 112 cm³/mol. The van der Waals surface area contributed by atoms with E-state index < -0.39 is 8.07 Å². The van der Waals surface area contributed by atoms with Crippen molar-refractivity contribution < 1.29 is 9.53 Å². The normalized spacial score (nSPS) is 12.0. The van der Waals surface area contributed by atoms with Gasteiger partial charge in [0.25, 0.3) is 0 Å². The van der Waals surface area contributed by atoms with Gasteiger partial charge in [0.2, 0.25) is 0 Å². The van der Waals surface area contributed by atoms with Gasteiger partial charge in [-0.2, -0.15) is 0 Å². The molecule has 0 fully saturated rings. The number of thiazole rings is 1. The van der Waals surface area contributed by atoms with Crippen LogP contribution >= 0.6 is 11.3 Å². The maximum atomic E-state index is 12.1. The standard InChI is InChI=1S/C19H26N4O2SSi/c1-5-6-15(24)19-20-11-16(26-19)17-14-7-8-23(18(14)22-12-21-17)13-25-9-10-27(2,3)4/h7-8,11-12H,5-6,9-10,13H2,1-4H3. The molecule has 6 nitrogen and oxygen atoms in total. The molecule has 0 amide bonds. The first kappa shape index (κ1) is 19.8. The topological polar surface area (TPSA) is 69.9 Å². The van der Waals surface area contributed by atoms with Gasteiger partial charge in [0.1, 0.15) is 18.7 Å². The van der Waals surface area contributed by atoms with Crippen LogP contribution in [-0.4, -0.2) is 40.0 Å². The van der Waals surface area contributed by atoms with Gasteiger partial charge in [-0.3, -0.25) is 4.79 Å². The van der Waals surface area contributed by atoms with Crippen LogP contribution in [0.4, 0.5) is 0 Å². The SMILES string of the molecule is CCCC(=O)c1ncc(-c2ncnc3c2ccn3COCC[Si](C)(C)C)s1. The highest BCUT2D eigenvalue weighted by molar-refractivity contribution is 7.17. The lowest BCUT2D eigenvalue weighted by Gasteiger charge is -2.15. The van der Waals surface area contributed by atoms with Crippen molar-refractivity contribution in [2.24, 2.45) is 0 Å². The minimum atomic E-state index is -1.09. The van der Waals surface area contributed by atoms with E-state index in [1.165, 1.54) is 11.3 Å². The van der Waals surface area contributed by atoms with Crippen LogP contribution in [0.15, 0.2) is 24.8 Å². The minimum Gasteiger partial charge on any atom is -0.361 e. The molecule has 0 aliphatic carbocycles. The fourth-order valence-corrected chi connectivity index (χ4v) is 4.34. The van der Waals surface area contributed by atoms with E-state index in [2.05, 4.69) is 34.6 Å². The van der Waals surface area contributed by atoms with E-state index in [1.54, 1.807) is 12.5 Å². The lowest BCUT2D eigenvalue weighted by molar-refractivity contribution is 0.0899. The van der Waals surface area contributed by atoms with Crippen LogP contribution < -0.4 is 0 Å². The summed E-state index contributed by atoms with van der Waals surface area (Å²) in [5, 5.41) is 1.50. The first-order valence-corrected chi connectivity index (χ1v) is 13.8. The third kappa shape index (κ3) is 4.88. The van der Waals surface area contributed by atoms with Gasteiger partial charge in [-0.1, -0.05) is 26.6 Å². The van der Waals surface area contributed by atoms with Crippen molar-refractivity contribution in [3.63, 3.8) is 0 Å². The lowest BCUT2D eigenvalue weighted by atomic mass is 10.2. The Bertz CT molecular complexity index is 929.